The van der Waals surface area contributed by atoms with Gasteiger partial charge in [0, 0.05) is 18.5 Å². The van der Waals surface area contributed by atoms with Gasteiger partial charge in [-0.25, -0.2) is 0 Å². The van der Waals surface area contributed by atoms with Gasteiger partial charge in [0.2, 0.25) is 0 Å². The Hall–Kier alpha value is -0.860. The molecule has 0 spiro atoms. The summed E-state index contributed by atoms with van der Waals surface area (Å²) in [5, 5.41) is 0. The lowest BCUT2D eigenvalue weighted by Gasteiger charge is -2.22. The van der Waals surface area contributed by atoms with Gasteiger partial charge in [0.15, 0.2) is 0 Å². The molecule has 82 valence electrons. The molecule has 1 aromatic rings. The number of benzene rings is 1. The maximum absolute atomic E-state index is 5.79. The summed E-state index contributed by atoms with van der Waals surface area (Å²) in [6, 6.07) is 8.62. The first kappa shape index (κ1) is 10.7. The summed E-state index contributed by atoms with van der Waals surface area (Å²) in [5.74, 6) is 0. The molecule has 0 saturated heterocycles. The summed E-state index contributed by atoms with van der Waals surface area (Å²) in [7, 11) is 4.29. The minimum atomic E-state index is 0.402. The van der Waals surface area contributed by atoms with Crippen molar-refractivity contribution < 1.29 is 0 Å². The van der Waals surface area contributed by atoms with Crippen LogP contribution in [0.3, 0.4) is 0 Å². The van der Waals surface area contributed by atoms with Crippen molar-refractivity contribution in [3.63, 3.8) is 0 Å². The Morgan fingerprint density at radius 2 is 1.93 bits per heavy atom. The molecule has 0 unspecified atom stereocenters. The molecule has 0 aliphatic heterocycles. The number of nitrogens with zero attached hydrogens (tertiary/aromatic N) is 1. The van der Waals surface area contributed by atoms with Crippen molar-refractivity contribution in [2.24, 2.45) is 5.73 Å². The zero-order chi connectivity index (χ0) is 10.9. The zero-order valence-corrected chi connectivity index (χ0v) is 9.66. The van der Waals surface area contributed by atoms with Gasteiger partial charge < -0.3 is 10.6 Å². The molecule has 0 aromatic heterocycles. The van der Waals surface area contributed by atoms with Crippen LogP contribution in [0.1, 0.15) is 24.0 Å². The second-order valence-corrected chi connectivity index (χ2v) is 4.88. The smallest absolute Gasteiger partial charge is 0.0181 e. The quantitative estimate of drug-likeness (QED) is 0.809. The predicted molar refractivity (Wildman–Crippen MR) is 63.8 cm³/mol. The van der Waals surface area contributed by atoms with Crippen molar-refractivity contribution in [3.05, 3.63) is 35.4 Å². The van der Waals surface area contributed by atoms with Gasteiger partial charge in [-0.3, -0.25) is 0 Å². The molecule has 1 saturated carbocycles. The molecule has 2 N–H and O–H groups in total. The zero-order valence-electron chi connectivity index (χ0n) is 9.66. The van der Waals surface area contributed by atoms with Crippen LogP contribution in [0, 0.1) is 0 Å². The van der Waals surface area contributed by atoms with Gasteiger partial charge in [0.05, 0.1) is 0 Å². The van der Waals surface area contributed by atoms with Crippen molar-refractivity contribution in [1.29, 1.82) is 0 Å². The lowest BCUT2D eigenvalue weighted by molar-refractivity contribution is 0.362. The van der Waals surface area contributed by atoms with Gasteiger partial charge >= 0.3 is 0 Å². The van der Waals surface area contributed by atoms with Crippen LogP contribution in [0.5, 0.6) is 0 Å². The molecule has 1 aliphatic rings. The monoisotopic (exact) mass is 204 g/mol. The maximum Gasteiger partial charge on any atom is 0.0181 e. The Morgan fingerprint density at radius 1 is 1.27 bits per heavy atom. The van der Waals surface area contributed by atoms with Crippen molar-refractivity contribution in [2.75, 3.05) is 20.6 Å². The highest BCUT2D eigenvalue weighted by molar-refractivity contribution is 5.39. The van der Waals surface area contributed by atoms with Gasteiger partial charge in [-0.1, -0.05) is 24.3 Å². The van der Waals surface area contributed by atoms with Gasteiger partial charge in [0.1, 0.15) is 0 Å². The average Bonchev–Trinajstić information content (AvgIpc) is 2.98. The topological polar surface area (TPSA) is 29.3 Å². The van der Waals surface area contributed by atoms with E-state index in [1.165, 1.54) is 24.0 Å². The first-order valence-electron chi connectivity index (χ1n) is 5.61. The molecule has 1 aromatic carbocycles. The van der Waals surface area contributed by atoms with Crippen LogP contribution in [0.4, 0.5) is 0 Å². The maximum atomic E-state index is 5.79. The third-order valence-corrected chi connectivity index (χ3v) is 3.28. The Labute approximate surface area is 92.1 Å². The number of rotatable bonds is 4. The van der Waals surface area contributed by atoms with E-state index < -0.39 is 0 Å². The van der Waals surface area contributed by atoms with E-state index in [-0.39, 0.29) is 0 Å². The van der Waals surface area contributed by atoms with Crippen LogP contribution in [0.25, 0.3) is 0 Å². The molecule has 2 heteroatoms. The lowest BCUT2D eigenvalue weighted by atomic mass is 9.91. The van der Waals surface area contributed by atoms with E-state index in [0.29, 0.717) is 12.0 Å². The largest absolute Gasteiger partial charge is 0.326 e. The van der Waals surface area contributed by atoms with Crippen molar-refractivity contribution in [3.8, 4) is 0 Å². The van der Waals surface area contributed by atoms with E-state index >= 15 is 0 Å². The van der Waals surface area contributed by atoms with E-state index in [0.717, 1.165) is 6.54 Å². The van der Waals surface area contributed by atoms with Crippen molar-refractivity contribution in [2.45, 2.75) is 24.8 Å². The van der Waals surface area contributed by atoms with Gasteiger partial charge in [0.25, 0.3) is 0 Å². The summed E-state index contributed by atoms with van der Waals surface area (Å²) in [5.41, 5.74) is 8.98. The van der Waals surface area contributed by atoms with Gasteiger partial charge in [-0.2, -0.15) is 0 Å². The number of hydrogen-bond donors (Lipinski definition) is 1. The second-order valence-electron chi connectivity index (χ2n) is 4.88. The van der Waals surface area contributed by atoms with E-state index in [9.17, 15) is 0 Å². The summed E-state index contributed by atoms with van der Waals surface area (Å²) < 4.78 is 0. The highest BCUT2D eigenvalue weighted by Gasteiger charge is 2.45. The summed E-state index contributed by atoms with van der Waals surface area (Å²) >= 11 is 0. The van der Waals surface area contributed by atoms with Crippen LogP contribution < -0.4 is 5.73 Å². The molecule has 0 bridgehead atoms. The number of likely N-dealkylation sites (N-methyl/N-ethyl adjacent to an activating group) is 1. The fourth-order valence-corrected chi connectivity index (χ4v) is 2.48. The van der Waals surface area contributed by atoms with Gasteiger partial charge in [-0.15, -0.1) is 0 Å². The molecule has 1 fully saturated rings. The number of hydrogen-bond acceptors (Lipinski definition) is 2. The molecule has 15 heavy (non-hydrogen) atoms. The third kappa shape index (κ3) is 2.06. The van der Waals surface area contributed by atoms with Crippen LogP contribution in [0.15, 0.2) is 24.3 Å². The first-order chi connectivity index (χ1) is 7.18. The summed E-state index contributed by atoms with van der Waals surface area (Å²) in [6.45, 7) is 1.80. The van der Waals surface area contributed by atoms with Crippen LogP contribution >= 0.6 is 0 Å². The fraction of sp³-hybridized carbons (Fsp3) is 0.538. The fourth-order valence-electron chi connectivity index (χ4n) is 2.48. The Kier molecular flexibility index (Phi) is 2.81. The minimum absolute atomic E-state index is 0.402. The van der Waals surface area contributed by atoms with E-state index in [4.69, 9.17) is 5.73 Å². The highest BCUT2D eigenvalue weighted by Crippen LogP contribution is 2.49. The number of nitrogens with two attached hydrogens (primary N) is 1. The third-order valence-electron chi connectivity index (χ3n) is 3.28. The Bertz CT molecular complexity index is 340. The SMILES string of the molecule is CN(C)CC1(c2ccccc2CN)CC1. The molecule has 0 atom stereocenters. The molecule has 1 aliphatic carbocycles. The average molecular weight is 204 g/mol. The van der Waals surface area contributed by atoms with Crippen LogP contribution in [0.2, 0.25) is 0 Å². The molecule has 2 nitrogen and oxygen atoms in total. The second kappa shape index (κ2) is 3.95. The Morgan fingerprint density at radius 3 is 2.47 bits per heavy atom. The molecular weight excluding hydrogens is 184 g/mol. The van der Waals surface area contributed by atoms with E-state index in [1.807, 2.05) is 0 Å². The van der Waals surface area contributed by atoms with E-state index in [1.54, 1.807) is 0 Å². The van der Waals surface area contributed by atoms with Crippen molar-refractivity contribution in [1.82, 2.24) is 4.90 Å². The molecule has 0 heterocycles. The van der Waals surface area contributed by atoms with E-state index in [2.05, 4.69) is 43.3 Å². The van der Waals surface area contributed by atoms with Crippen LogP contribution in [-0.4, -0.2) is 25.5 Å². The molecule has 0 radical (unpaired) electrons. The predicted octanol–water partition coefficient (Wildman–Crippen LogP) is 1.74. The lowest BCUT2D eigenvalue weighted by Crippen LogP contribution is -2.27. The summed E-state index contributed by atoms with van der Waals surface area (Å²) in [4.78, 5) is 2.28. The summed E-state index contributed by atoms with van der Waals surface area (Å²) in [6.07, 6.45) is 2.62. The molecule has 0 amide bonds. The highest BCUT2D eigenvalue weighted by atomic mass is 15.1. The molecular formula is C13H20N2. The standard InChI is InChI=1S/C13H20N2/c1-15(2)10-13(7-8-13)12-6-4-3-5-11(12)9-14/h3-6H,7-10,14H2,1-2H3. The first-order valence-corrected chi connectivity index (χ1v) is 5.61. The molecule has 2 rings (SSSR count). The van der Waals surface area contributed by atoms with Crippen LogP contribution in [-0.2, 0) is 12.0 Å². The normalized spacial score (nSPS) is 18.1. The minimum Gasteiger partial charge on any atom is -0.326 e. The Balaban J connectivity index is 2.28. The van der Waals surface area contributed by atoms with Crippen molar-refractivity contribution >= 4 is 0 Å². The van der Waals surface area contributed by atoms with Gasteiger partial charge in [-0.05, 0) is 38.1 Å².